The molecule has 0 atom stereocenters. The van der Waals surface area contributed by atoms with E-state index in [1.807, 2.05) is 0 Å². The lowest BCUT2D eigenvalue weighted by Crippen LogP contribution is -1.99. The van der Waals surface area contributed by atoms with Gasteiger partial charge in [0.2, 0.25) is 0 Å². The van der Waals surface area contributed by atoms with Gasteiger partial charge in [0.1, 0.15) is 0 Å². The van der Waals surface area contributed by atoms with Crippen molar-refractivity contribution in [1.82, 2.24) is 0 Å². The van der Waals surface area contributed by atoms with Gasteiger partial charge < -0.3 is 10.2 Å². The lowest BCUT2D eigenvalue weighted by atomic mass is 10.1. The van der Waals surface area contributed by atoms with Gasteiger partial charge in [-0.25, -0.2) is 9.59 Å². The molecule has 2 aromatic rings. The van der Waals surface area contributed by atoms with Gasteiger partial charge in [-0.3, -0.25) is 0 Å². The van der Waals surface area contributed by atoms with Crippen LogP contribution in [0.3, 0.4) is 0 Å². The lowest BCUT2D eigenvalue weighted by Gasteiger charge is -1.94. The van der Waals surface area contributed by atoms with Gasteiger partial charge in [-0.15, -0.1) is 0 Å². The zero-order chi connectivity index (χ0) is 17.1. The molecule has 0 heterocycles. The van der Waals surface area contributed by atoms with Crippen LogP contribution in [0, 0.1) is 23.8 Å². The molecule has 2 N–H and O–H groups in total. The van der Waals surface area contributed by atoms with Crippen LogP contribution in [0.15, 0.2) is 48.5 Å². The van der Waals surface area contributed by atoms with Crippen LogP contribution in [0.25, 0.3) is 0 Å². The minimum absolute atomic E-state index is 0.0833. The number of carboxylic acids is 2. The number of benzene rings is 2. The van der Waals surface area contributed by atoms with Crippen LogP contribution in [0.4, 0.5) is 0 Å². The third kappa shape index (κ3) is 6.95. The summed E-state index contributed by atoms with van der Waals surface area (Å²) in [7, 11) is 0. The van der Waals surface area contributed by atoms with Crippen molar-refractivity contribution in [2.45, 2.75) is 13.8 Å². The van der Waals surface area contributed by atoms with Gasteiger partial charge in [0.25, 0.3) is 0 Å². The second-order valence-corrected chi connectivity index (χ2v) is 4.34. The molecule has 0 aliphatic rings. The summed E-state index contributed by atoms with van der Waals surface area (Å²) >= 11 is 0. The Morgan fingerprint density at radius 3 is 1.05 bits per heavy atom. The first kappa shape index (κ1) is 19.0. The zero-order valence-corrected chi connectivity index (χ0v) is 12.1. The maximum Gasteiger partial charge on any atom is 0.335 e. The molecule has 22 heavy (non-hydrogen) atoms. The Labute approximate surface area is 127 Å². The SMILES string of the molecule is Cc1ccc(C)cc1.O=C(O)c1ccc(C(=O)O)cc1.O=O. The lowest BCUT2D eigenvalue weighted by molar-refractivity contribution is 0.0681. The van der Waals surface area contributed by atoms with E-state index in [1.165, 1.54) is 35.4 Å². The number of hydrogen-bond acceptors (Lipinski definition) is 4. The zero-order valence-electron chi connectivity index (χ0n) is 12.1. The molecular formula is C16H16O6. The summed E-state index contributed by atoms with van der Waals surface area (Å²) < 4.78 is 0. The van der Waals surface area contributed by atoms with Crippen LogP contribution < -0.4 is 0 Å². The predicted molar refractivity (Wildman–Crippen MR) is 83.0 cm³/mol. The Kier molecular flexibility index (Phi) is 8.47. The topological polar surface area (TPSA) is 109 Å². The summed E-state index contributed by atoms with van der Waals surface area (Å²) in [4.78, 5) is 34.7. The molecule has 0 spiro atoms. The smallest absolute Gasteiger partial charge is 0.335 e. The van der Waals surface area contributed by atoms with E-state index in [0.717, 1.165) is 0 Å². The summed E-state index contributed by atoms with van der Waals surface area (Å²) in [6, 6.07) is 13.5. The summed E-state index contributed by atoms with van der Waals surface area (Å²) in [5.74, 6) is -2.13. The molecule has 0 bridgehead atoms. The van der Waals surface area contributed by atoms with Crippen LogP contribution in [-0.2, 0) is 0 Å². The monoisotopic (exact) mass is 304 g/mol. The van der Waals surface area contributed by atoms with Crippen LogP contribution in [0.1, 0.15) is 31.8 Å². The number of carboxylic acid groups (broad SMARTS) is 2. The molecule has 0 saturated heterocycles. The van der Waals surface area contributed by atoms with Crippen molar-refractivity contribution in [3.8, 4) is 0 Å². The molecule has 0 amide bonds. The van der Waals surface area contributed by atoms with E-state index in [-0.39, 0.29) is 11.1 Å². The molecule has 6 heteroatoms. The second kappa shape index (κ2) is 9.82. The van der Waals surface area contributed by atoms with E-state index >= 15 is 0 Å². The largest absolute Gasteiger partial charge is 0.478 e. The third-order valence-electron chi connectivity index (χ3n) is 2.60. The fourth-order valence-electron chi connectivity index (χ4n) is 1.39. The molecule has 2 rings (SSSR count). The quantitative estimate of drug-likeness (QED) is 0.879. The van der Waals surface area contributed by atoms with Crippen molar-refractivity contribution in [3.05, 3.63) is 80.7 Å². The molecule has 0 fully saturated rings. The number of carbonyl (C=O) groups is 2. The molecule has 0 radical (unpaired) electrons. The molecule has 0 aliphatic carbocycles. The predicted octanol–water partition coefficient (Wildman–Crippen LogP) is 3.45. The van der Waals surface area contributed by atoms with Crippen molar-refractivity contribution in [1.29, 1.82) is 0 Å². The number of hydrogen-bond donors (Lipinski definition) is 2. The first-order valence-electron chi connectivity index (χ1n) is 6.16. The van der Waals surface area contributed by atoms with Crippen LogP contribution in [0.5, 0.6) is 0 Å². The van der Waals surface area contributed by atoms with E-state index in [1.54, 1.807) is 0 Å². The van der Waals surface area contributed by atoms with Crippen LogP contribution in [0.2, 0.25) is 0 Å². The van der Waals surface area contributed by atoms with Crippen molar-refractivity contribution < 1.29 is 19.8 Å². The van der Waals surface area contributed by atoms with Gasteiger partial charge in [-0.2, -0.15) is 0 Å². The van der Waals surface area contributed by atoms with E-state index in [2.05, 4.69) is 38.1 Å². The molecule has 0 unspecified atom stereocenters. The van der Waals surface area contributed by atoms with Crippen molar-refractivity contribution >= 4 is 11.9 Å². The standard InChI is InChI=1S/C8H6O4.C8H10.O2/c9-7(10)5-1-2-6(4-3-5)8(11)12;1-7-3-5-8(2)6-4-7;1-2/h1-4H,(H,9,10)(H,11,12);3-6H,1-2H3;. The van der Waals surface area contributed by atoms with E-state index in [0.29, 0.717) is 0 Å². The van der Waals surface area contributed by atoms with Gasteiger partial charge in [0, 0.05) is 9.93 Å². The van der Waals surface area contributed by atoms with Crippen LogP contribution in [-0.4, -0.2) is 22.2 Å². The average molecular weight is 304 g/mol. The van der Waals surface area contributed by atoms with E-state index in [4.69, 9.17) is 20.1 Å². The highest BCUT2D eigenvalue weighted by atomic mass is 16.7. The van der Waals surface area contributed by atoms with Gasteiger partial charge >= 0.3 is 11.9 Å². The van der Waals surface area contributed by atoms with Gasteiger partial charge in [0.05, 0.1) is 11.1 Å². The summed E-state index contributed by atoms with van der Waals surface area (Å²) in [5.41, 5.74) is 2.83. The Balaban J connectivity index is 0.000000382. The minimum atomic E-state index is -1.06. The van der Waals surface area contributed by atoms with Crippen molar-refractivity contribution in [2.75, 3.05) is 0 Å². The van der Waals surface area contributed by atoms with E-state index < -0.39 is 11.9 Å². The molecular weight excluding hydrogens is 288 g/mol. The molecule has 2 aromatic carbocycles. The molecule has 0 aliphatic heterocycles. The molecule has 116 valence electrons. The van der Waals surface area contributed by atoms with Gasteiger partial charge in [0.15, 0.2) is 0 Å². The normalized spacial score (nSPS) is 8.64. The number of aromatic carboxylic acids is 2. The highest BCUT2D eigenvalue weighted by Crippen LogP contribution is 2.03. The van der Waals surface area contributed by atoms with E-state index in [9.17, 15) is 9.59 Å². The number of rotatable bonds is 2. The highest BCUT2D eigenvalue weighted by molar-refractivity contribution is 5.91. The minimum Gasteiger partial charge on any atom is -0.478 e. The summed E-state index contributed by atoms with van der Waals surface area (Å²) in [6.45, 7) is 4.19. The van der Waals surface area contributed by atoms with Crippen LogP contribution >= 0.6 is 0 Å². The van der Waals surface area contributed by atoms with Gasteiger partial charge in [-0.05, 0) is 38.1 Å². The first-order valence-corrected chi connectivity index (χ1v) is 6.16. The first-order chi connectivity index (χ1) is 10.4. The highest BCUT2D eigenvalue weighted by Gasteiger charge is 2.04. The molecule has 6 nitrogen and oxygen atoms in total. The Morgan fingerprint density at radius 1 is 0.636 bits per heavy atom. The summed E-state index contributed by atoms with van der Waals surface area (Å²) in [5, 5.41) is 16.9. The van der Waals surface area contributed by atoms with Crippen molar-refractivity contribution in [2.24, 2.45) is 0 Å². The Morgan fingerprint density at radius 2 is 0.864 bits per heavy atom. The maximum atomic E-state index is 10.3. The third-order valence-corrected chi connectivity index (χ3v) is 2.60. The van der Waals surface area contributed by atoms with Crippen molar-refractivity contribution in [3.63, 3.8) is 0 Å². The molecule has 0 saturated carbocycles. The maximum absolute atomic E-state index is 10.3. The summed E-state index contributed by atoms with van der Waals surface area (Å²) in [6.07, 6.45) is 0. The fourth-order valence-corrected chi connectivity index (χ4v) is 1.39. The molecule has 0 aromatic heterocycles. The number of aryl methyl sites for hydroxylation is 2. The Bertz CT molecular complexity index is 548. The average Bonchev–Trinajstić information content (AvgIpc) is 2.53. The second-order valence-electron chi connectivity index (χ2n) is 4.34. The fraction of sp³-hybridized carbons (Fsp3) is 0.125. The van der Waals surface area contributed by atoms with Gasteiger partial charge in [-0.1, -0.05) is 35.4 Å². The Hall–Kier alpha value is -3.02.